The van der Waals surface area contributed by atoms with Crippen molar-refractivity contribution in [2.45, 2.75) is 33.4 Å². The Morgan fingerprint density at radius 2 is 1.70 bits per heavy atom. The van der Waals surface area contributed by atoms with Gasteiger partial charge in [-0.3, -0.25) is 9.36 Å². The molecule has 3 aromatic carbocycles. The minimum Gasteiger partial charge on any atom is -0.493 e. The lowest BCUT2D eigenvalue weighted by atomic mass is 9.95. The van der Waals surface area contributed by atoms with Crippen LogP contribution in [0.1, 0.15) is 43.5 Å². The number of fused-ring (bicyclic) bond motifs is 1. The lowest BCUT2D eigenvalue weighted by Gasteiger charge is -2.25. The van der Waals surface area contributed by atoms with E-state index in [0.717, 1.165) is 9.13 Å². The highest BCUT2D eigenvalue weighted by atomic mass is 127. The molecule has 11 nitrogen and oxygen atoms in total. The van der Waals surface area contributed by atoms with Gasteiger partial charge in [0.15, 0.2) is 34.4 Å². The molecule has 0 fully saturated rings. The molecule has 5 rings (SSSR count). The first-order valence-electron chi connectivity index (χ1n) is 15.5. The maximum Gasteiger partial charge on any atom is 0.343 e. The van der Waals surface area contributed by atoms with Crippen molar-refractivity contribution in [2.75, 3.05) is 34.0 Å². The first-order chi connectivity index (χ1) is 24.1. The lowest BCUT2D eigenvalue weighted by molar-refractivity contribution is -0.143. The minimum absolute atomic E-state index is 0.136. The van der Waals surface area contributed by atoms with E-state index in [4.69, 9.17) is 28.4 Å². The van der Waals surface area contributed by atoms with E-state index in [0.29, 0.717) is 66.8 Å². The Labute approximate surface area is 314 Å². The molecule has 1 aromatic heterocycles. The van der Waals surface area contributed by atoms with Crippen molar-refractivity contribution < 1.29 is 38.0 Å². The topological polar surface area (TPSA) is 124 Å². The molecule has 4 aromatic rings. The zero-order valence-electron chi connectivity index (χ0n) is 27.9. The smallest absolute Gasteiger partial charge is 0.343 e. The van der Waals surface area contributed by atoms with Crippen LogP contribution < -0.4 is 33.8 Å². The van der Waals surface area contributed by atoms with E-state index < -0.39 is 18.0 Å². The number of rotatable bonds is 13. The van der Waals surface area contributed by atoms with Crippen LogP contribution in [0.2, 0.25) is 0 Å². The standard InChI is InChI=1S/C36H34BrIN2O9S/c1-6-46-28-14-22(10-13-26(28)49-19-31(41)45-5)33-32(35(43)47-7-2)20(3)39-36-40(33)34(42)30(50-36)16-23-15-27(44-4)29(17-25(23)37)48-18-21-8-11-24(38)12-9-21/h8-17,33H,6-7,18-19H2,1-5H3/b30-16-/t33-/m1/s1. The van der Waals surface area contributed by atoms with Gasteiger partial charge in [0.2, 0.25) is 0 Å². The molecule has 262 valence electrons. The normalized spacial score (nSPS) is 14.1. The third kappa shape index (κ3) is 8.24. The van der Waals surface area contributed by atoms with Crippen LogP contribution in [0.5, 0.6) is 23.0 Å². The van der Waals surface area contributed by atoms with Crippen LogP contribution in [-0.4, -0.2) is 50.5 Å². The second-order valence-electron chi connectivity index (χ2n) is 10.7. The summed E-state index contributed by atoms with van der Waals surface area (Å²) in [5.41, 5.74) is 2.52. The Morgan fingerprint density at radius 3 is 2.38 bits per heavy atom. The average Bonchev–Trinajstić information content (AvgIpc) is 3.41. The summed E-state index contributed by atoms with van der Waals surface area (Å²) in [6, 6.07) is 15.8. The van der Waals surface area contributed by atoms with Crippen LogP contribution in [0.3, 0.4) is 0 Å². The predicted molar refractivity (Wildman–Crippen MR) is 200 cm³/mol. The van der Waals surface area contributed by atoms with Crippen molar-refractivity contribution in [3.8, 4) is 23.0 Å². The fraction of sp³-hybridized carbons (Fsp3) is 0.278. The Hall–Kier alpha value is -4.15. The first kappa shape index (κ1) is 37.1. The maximum absolute atomic E-state index is 14.3. The zero-order valence-corrected chi connectivity index (χ0v) is 32.5. The van der Waals surface area contributed by atoms with Gasteiger partial charge in [-0.05, 0) is 103 Å². The second-order valence-corrected chi connectivity index (χ2v) is 13.9. The molecule has 1 aliphatic rings. The maximum atomic E-state index is 14.3. The molecule has 0 unspecified atom stereocenters. The third-order valence-corrected chi connectivity index (χ3v) is 9.94. The number of carbonyl (C=O) groups excluding carboxylic acids is 2. The van der Waals surface area contributed by atoms with Crippen molar-refractivity contribution >= 4 is 67.9 Å². The van der Waals surface area contributed by atoms with E-state index in [2.05, 4.69) is 43.5 Å². The molecule has 0 radical (unpaired) electrons. The average molecular weight is 878 g/mol. The molecule has 1 aliphatic heterocycles. The van der Waals surface area contributed by atoms with Gasteiger partial charge in [-0.25, -0.2) is 14.6 Å². The summed E-state index contributed by atoms with van der Waals surface area (Å²) >= 11 is 7.09. The number of hydrogen-bond donors (Lipinski definition) is 0. The van der Waals surface area contributed by atoms with Crippen molar-refractivity contribution in [1.29, 1.82) is 0 Å². The molecule has 0 bridgehead atoms. The van der Waals surface area contributed by atoms with E-state index in [1.54, 1.807) is 57.4 Å². The molecular formula is C36H34BrIN2O9S. The number of thiazole rings is 1. The predicted octanol–water partition coefficient (Wildman–Crippen LogP) is 5.70. The van der Waals surface area contributed by atoms with Crippen LogP contribution in [-0.2, 0) is 25.7 Å². The van der Waals surface area contributed by atoms with Crippen LogP contribution in [0.25, 0.3) is 6.08 Å². The Kier molecular flexibility index (Phi) is 12.4. The summed E-state index contributed by atoms with van der Waals surface area (Å²) in [5.74, 6) is 0.515. The van der Waals surface area contributed by atoms with E-state index >= 15 is 0 Å². The third-order valence-electron chi connectivity index (χ3n) is 7.55. The molecule has 0 saturated heterocycles. The van der Waals surface area contributed by atoms with E-state index in [1.165, 1.54) is 23.0 Å². The molecule has 14 heteroatoms. The monoisotopic (exact) mass is 876 g/mol. The second kappa shape index (κ2) is 16.7. The highest BCUT2D eigenvalue weighted by molar-refractivity contribution is 14.1. The molecule has 0 spiro atoms. The molecule has 0 saturated carbocycles. The quantitative estimate of drug-likeness (QED) is 0.123. The Balaban J connectivity index is 1.58. The molecule has 50 heavy (non-hydrogen) atoms. The number of benzene rings is 3. The van der Waals surface area contributed by atoms with Crippen molar-refractivity contribution in [2.24, 2.45) is 4.99 Å². The SMILES string of the molecule is CCOC(=O)C1=C(C)N=c2s/c(=C\c3cc(OC)c(OCc4ccc(I)cc4)cc3Br)c(=O)n2[C@@H]1c1ccc(OCC(=O)OC)c(OCC)c1. The van der Waals surface area contributed by atoms with Gasteiger partial charge in [-0.1, -0.05) is 45.5 Å². The van der Waals surface area contributed by atoms with Crippen LogP contribution in [0, 0.1) is 3.57 Å². The summed E-state index contributed by atoms with van der Waals surface area (Å²) in [4.78, 5) is 44.5. The number of halogens is 2. The number of aromatic nitrogens is 1. The summed E-state index contributed by atoms with van der Waals surface area (Å²) in [6.45, 7) is 5.70. The van der Waals surface area contributed by atoms with Crippen molar-refractivity contribution in [1.82, 2.24) is 4.57 Å². The van der Waals surface area contributed by atoms with Gasteiger partial charge in [0.05, 0.1) is 49.3 Å². The van der Waals surface area contributed by atoms with Crippen LogP contribution in [0.4, 0.5) is 0 Å². The summed E-state index contributed by atoms with van der Waals surface area (Å²) in [5, 5.41) is 0. The number of ether oxygens (including phenoxy) is 6. The lowest BCUT2D eigenvalue weighted by Crippen LogP contribution is -2.40. The Bertz CT molecular complexity index is 2130. The summed E-state index contributed by atoms with van der Waals surface area (Å²) < 4.78 is 37.0. The number of esters is 2. The van der Waals surface area contributed by atoms with Crippen LogP contribution in [0.15, 0.2) is 80.1 Å². The minimum atomic E-state index is -0.892. The van der Waals surface area contributed by atoms with Gasteiger partial charge < -0.3 is 28.4 Å². The van der Waals surface area contributed by atoms with E-state index in [9.17, 15) is 14.4 Å². The highest BCUT2D eigenvalue weighted by Crippen LogP contribution is 2.37. The number of nitrogens with zero attached hydrogens (tertiary/aromatic N) is 2. The molecule has 0 aliphatic carbocycles. The number of methoxy groups -OCH3 is 2. The van der Waals surface area contributed by atoms with Gasteiger partial charge in [-0.15, -0.1) is 0 Å². The highest BCUT2D eigenvalue weighted by Gasteiger charge is 2.34. The van der Waals surface area contributed by atoms with Gasteiger partial charge >= 0.3 is 11.9 Å². The molecule has 0 amide bonds. The number of hydrogen-bond acceptors (Lipinski definition) is 11. The van der Waals surface area contributed by atoms with Gasteiger partial charge in [-0.2, -0.15) is 0 Å². The van der Waals surface area contributed by atoms with E-state index in [1.807, 2.05) is 31.2 Å². The zero-order chi connectivity index (χ0) is 35.9. The first-order valence-corrected chi connectivity index (χ1v) is 18.2. The van der Waals surface area contributed by atoms with Gasteiger partial charge in [0.1, 0.15) is 6.61 Å². The van der Waals surface area contributed by atoms with Crippen molar-refractivity contribution in [3.05, 3.63) is 110 Å². The molecular weight excluding hydrogens is 843 g/mol. The largest absolute Gasteiger partial charge is 0.493 e. The van der Waals surface area contributed by atoms with Crippen LogP contribution >= 0.6 is 49.9 Å². The van der Waals surface area contributed by atoms with E-state index in [-0.39, 0.29) is 24.3 Å². The number of allylic oxidation sites excluding steroid dienone is 1. The molecule has 2 heterocycles. The summed E-state index contributed by atoms with van der Waals surface area (Å²) in [7, 11) is 2.83. The summed E-state index contributed by atoms with van der Waals surface area (Å²) in [6.07, 6.45) is 1.75. The molecule has 0 N–H and O–H groups in total. The fourth-order valence-corrected chi connectivity index (χ4v) is 7.04. The van der Waals surface area contributed by atoms with Crippen molar-refractivity contribution in [3.63, 3.8) is 0 Å². The van der Waals surface area contributed by atoms with Gasteiger partial charge in [0.25, 0.3) is 5.56 Å². The van der Waals surface area contributed by atoms with Gasteiger partial charge in [0, 0.05) is 8.04 Å². The molecule has 1 atom stereocenters. The Morgan fingerprint density at radius 1 is 0.960 bits per heavy atom. The number of carbonyl (C=O) groups is 2. The fourth-order valence-electron chi connectivity index (χ4n) is 5.20.